The normalized spacial score (nSPS) is 18.9. The topological polar surface area (TPSA) is 153 Å². The van der Waals surface area contributed by atoms with E-state index in [1.807, 2.05) is 30.3 Å². The minimum atomic E-state index is -3.99. The van der Waals surface area contributed by atoms with Gasteiger partial charge in [-0.1, -0.05) is 48.5 Å². The van der Waals surface area contributed by atoms with Gasteiger partial charge < -0.3 is 24.5 Å². The zero-order valence-electron chi connectivity index (χ0n) is 22.9. The fourth-order valence-corrected chi connectivity index (χ4v) is 5.92. The molecule has 0 aliphatic carbocycles. The Labute approximate surface area is 241 Å². The minimum absolute atomic E-state index is 0.139. The second kappa shape index (κ2) is 12.8. The molecule has 0 spiro atoms. The number of nitrogens with one attached hydrogen (secondary N) is 1. The summed E-state index contributed by atoms with van der Waals surface area (Å²) in [5.41, 5.74) is 7.21. The molecule has 12 nitrogen and oxygen atoms in total. The molecule has 0 fully saturated rings. The lowest BCUT2D eigenvalue weighted by Gasteiger charge is -2.27. The Balaban J connectivity index is 1.35. The number of carbonyl (C=O) groups is 1. The van der Waals surface area contributed by atoms with Gasteiger partial charge in [0.05, 0.1) is 12.4 Å². The first-order valence-corrected chi connectivity index (χ1v) is 14.9. The van der Waals surface area contributed by atoms with E-state index in [-0.39, 0.29) is 23.6 Å². The molecule has 42 heavy (non-hydrogen) atoms. The van der Waals surface area contributed by atoms with Crippen molar-refractivity contribution in [3.05, 3.63) is 90.8 Å². The number of para-hydroxylation sites is 1. The van der Waals surface area contributed by atoms with E-state index in [9.17, 15) is 9.36 Å². The quantitative estimate of drug-likeness (QED) is 0.175. The van der Waals surface area contributed by atoms with Gasteiger partial charge in [-0.2, -0.15) is 0 Å². The largest absolute Gasteiger partial charge is 0.462 e. The molecule has 0 saturated carbocycles. The van der Waals surface area contributed by atoms with E-state index in [1.54, 1.807) is 44.2 Å². The van der Waals surface area contributed by atoms with Crippen LogP contribution in [0, 0.1) is 0 Å². The van der Waals surface area contributed by atoms with E-state index in [0.29, 0.717) is 5.52 Å². The smallest absolute Gasteiger partial charge is 0.342 e. The van der Waals surface area contributed by atoms with Crippen LogP contribution in [0.3, 0.4) is 0 Å². The second-order valence-corrected chi connectivity index (χ2v) is 11.8. The van der Waals surface area contributed by atoms with E-state index >= 15 is 4.39 Å². The summed E-state index contributed by atoms with van der Waals surface area (Å²) in [6.07, 6.45) is 0.379. The number of halogens is 1. The van der Waals surface area contributed by atoms with Crippen molar-refractivity contribution in [1.82, 2.24) is 24.6 Å². The van der Waals surface area contributed by atoms with Crippen LogP contribution in [-0.2, 0) is 30.0 Å². The fraction of sp³-hybridized carbons (Fsp3) is 0.286. The van der Waals surface area contributed by atoms with Crippen LogP contribution in [0.25, 0.3) is 11.2 Å². The number of hydrogen-bond donors (Lipinski definition) is 2. The maximum absolute atomic E-state index is 15.0. The van der Waals surface area contributed by atoms with Crippen LogP contribution >= 0.6 is 7.52 Å². The van der Waals surface area contributed by atoms with Gasteiger partial charge >= 0.3 is 13.5 Å². The molecule has 0 bridgehead atoms. The Kier molecular flexibility index (Phi) is 8.93. The Morgan fingerprint density at radius 2 is 1.83 bits per heavy atom. The molecule has 0 saturated heterocycles. The summed E-state index contributed by atoms with van der Waals surface area (Å²) in [7, 11) is -3.99. The van der Waals surface area contributed by atoms with E-state index < -0.39 is 50.3 Å². The van der Waals surface area contributed by atoms with Gasteiger partial charge in [-0.05, 0) is 38.0 Å². The Morgan fingerprint density at radius 3 is 2.55 bits per heavy atom. The average molecular weight is 597 g/mol. The monoisotopic (exact) mass is 596 g/mol. The lowest BCUT2D eigenvalue weighted by atomic mass is 10.1. The molecule has 2 unspecified atom stereocenters. The molecule has 2 aromatic heterocycles. The zero-order valence-corrected chi connectivity index (χ0v) is 23.8. The number of ether oxygens (including phenoxy) is 3. The molecule has 14 heteroatoms. The number of nitrogens with zero attached hydrogens (tertiary/aromatic N) is 4. The number of anilines is 1. The predicted octanol–water partition coefficient (Wildman–Crippen LogP) is 4.52. The van der Waals surface area contributed by atoms with Crippen molar-refractivity contribution >= 4 is 30.5 Å². The Morgan fingerprint density at radius 1 is 1.12 bits per heavy atom. The number of aromatic nitrogens is 4. The number of benzene rings is 2. The molecule has 3 N–H and O–H groups in total. The van der Waals surface area contributed by atoms with Gasteiger partial charge in [0.1, 0.15) is 23.6 Å². The van der Waals surface area contributed by atoms with Crippen molar-refractivity contribution in [2.24, 2.45) is 0 Å². The van der Waals surface area contributed by atoms with Crippen molar-refractivity contribution in [3.8, 4) is 5.75 Å². The highest BCUT2D eigenvalue weighted by Gasteiger charge is 2.37. The molecular weight excluding hydrogens is 566 g/mol. The molecule has 0 radical (unpaired) electrons. The van der Waals surface area contributed by atoms with Crippen molar-refractivity contribution in [2.75, 3.05) is 12.1 Å². The van der Waals surface area contributed by atoms with Gasteiger partial charge in [0.2, 0.25) is 0 Å². The first-order valence-electron chi connectivity index (χ1n) is 13.1. The minimum Gasteiger partial charge on any atom is -0.462 e. The first-order chi connectivity index (χ1) is 20.2. The third-order valence-electron chi connectivity index (χ3n) is 6.11. The number of nitrogen functional groups attached to an aromatic ring is 1. The summed E-state index contributed by atoms with van der Waals surface area (Å²) >= 11 is 0. The van der Waals surface area contributed by atoms with Crippen LogP contribution in [0.1, 0.15) is 25.6 Å². The third-order valence-corrected chi connectivity index (χ3v) is 7.81. The number of carbonyl (C=O) groups excluding carboxylic acids is 1. The molecule has 3 heterocycles. The Bertz CT molecular complexity index is 1600. The molecule has 1 aliphatic rings. The first kappa shape index (κ1) is 29.3. The van der Waals surface area contributed by atoms with Crippen LogP contribution in [0.15, 0.2) is 85.2 Å². The summed E-state index contributed by atoms with van der Waals surface area (Å²) in [6, 6.07) is 16.6. The lowest BCUT2D eigenvalue weighted by molar-refractivity contribution is -0.149. The van der Waals surface area contributed by atoms with Crippen LogP contribution in [0.2, 0.25) is 0 Å². The molecule has 4 aromatic rings. The van der Waals surface area contributed by atoms with Gasteiger partial charge in [0, 0.05) is 6.08 Å². The standard InChI is InChI=1S/C28H30FN6O6P/c1-18(2)39-28(36)22(13-19-9-5-3-6-10-19)34-42(37,41-20-11-7-4-8-12-20)17-38-23-14-21(29)27(40-23)35-16-33-24-25(30)31-15-32-26(24)35/h3-12,14-16,18,22-23,27H,13,17H2,1-2H3,(H,34,37)(H2,30,31,32)/t22?,23-,27+,42?/m0/s1. The SMILES string of the molecule is CC(C)OC(=O)C(Cc1ccccc1)NP(=O)(CO[C@@H]1C=C(F)[C@H](n2cnc3c(N)ncnc32)O1)Oc1ccccc1. The van der Waals surface area contributed by atoms with E-state index in [2.05, 4.69) is 20.0 Å². The maximum atomic E-state index is 15.0. The number of nitrogens with two attached hydrogens (primary N) is 1. The highest BCUT2D eigenvalue weighted by Crippen LogP contribution is 2.45. The van der Waals surface area contributed by atoms with Gasteiger partial charge in [-0.15, -0.1) is 0 Å². The molecule has 2 aromatic carbocycles. The summed E-state index contributed by atoms with van der Waals surface area (Å²) in [5.74, 6) is -0.866. The number of hydrogen-bond acceptors (Lipinski definition) is 10. The number of rotatable bonds is 12. The van der Waals surface area contributed by atoms with Crippen molar-refractivity contribution in [2.45, 2.75) is 44.9 Å². The van der Waals surface area contributed by atoms with Gasteiger partial charge in [0.15, 0.2) is 36.2 Å². The molecular formula is C28H30FN6O6P. The molecule has 4 atom stereocenters. The molecule has 0 amide bonds. The van der Waals surface area contributed by atoms with E-state index in [0.717, 1.165) is 11.6 Å². The fourth-order valence-electron chi connectivity index (χ4n) is 4.27. The van der Waals surface area contributed by atoms with E-state index in [1.165, 1.54) is 17.2 Å². The molecule has 5 rings (SSSR count). The van der Waals surface area contributed by atoms with E-state index in [4.69, 9.17) is 24.5 Å². The summed E-state index contributed by atoms with van der Waals surface area (Å²) < 4.78 is 53.5. The van der Waals surface area contributed by atoms with Crippen LogP contribution in [0.4, 0.5) is 10.2 Å². The average Bonchev–Trinajstić information content (AvgIpc) is 3.56. The Hall–Kier alpha value is -4.16. The van der Waals surface area contributed by atoms with Crippen LogP contribution < -0.4 is 15.3 Å². The zero-order chi connectivity index (χ0) is 29.7. The maximum Gasteiger partial charge on any atom is 0.342 e. The van der Waals surface area contributed by atoms with Crippen molar-refractivity contribution < 1.29 is 32.5 Å². The third kappa shape index (κ3) is 7.00. The van der Waals surface area contributed by atoms with Gasteiger partial charge in [-0.25, -0.2) is 24.4 Å². The second-order valence-electron chi connectivity index (χ2n) is 9.72. The molecule has 220 valence electrons. The van der Waals surface area contributed by atoms with Crippen molar-refractivity contribution in [1.29, 1.82) is 0 Å². The van der Waals surface area contributed by atoms with Gasteiger partial charge in [0.25, 0.3) is 0 Å². The van der Waals surface area contributed by atoms with Gasteiger partial charge in [-0.3, -0.25) is 13.9 Å². The van der Waals surface area contributed by atoms with Crippen LogP contribution in [-0.4, -0.2) is 50.3 Å². The summed E-state index contributed by atoms with van der Waals surface area (Å²) in [6.45, 7) is 3.44. The van der Waals surface area contributed by atoms with Crippen LogP contribution in [0.5, 0.6) is 5.75 Å². The number of imidazole rings is 1. The number of fused-ring (bicyclic) bond motifs is 1. The predicted molar refractivity (Wildman–Crippen MR) is 152 cm³/mol. The summed E-state index contributed by atoms with van der Waals surface area (Å²) in [5, 5.41) is 2.85. The molecule has 1 aliphatic heterocycles. The highest BCUT2D eigenvalue weighted by molar-refractivity contribution is 7.57. The lowest BCUT2D eigenvalue weighted by Crippen LogP contribution is -2.40. The summed E-state index contributed by atoms with van der Waals surface area (Å²) in [4.78, 5) is 25.2. The number of esters is 1. The van der Waals surface area contributed by atoms with Crippen molar-refractivity contribution in [3.63, 3.8) is 0 Å². The highest BCUT2D eigenvalue weighted by atomic mass is 31.2.